The van der Waals surface area contributed by atoms with E-state index in [0.29, 0.717) is 17.5 Å². The maximum absolute atomic E-state index is 5.87. The third-order valence-electron chi connectivity index (χ3n) is 2.43. The quantitative estimate of drug-likeness (QED) is 0.921. The molecular weight excluding hydrogens is 250 g/mol. The van der Waals surface area contributed by atoms with Crippen molar-refractivity contribution >= 4 is 17.4 Å². The highest BCUT2D eigenvalue weighted by molar-refractivity contribution is 6.30. The van der Waals surface area contributed by atoms with E-state index >= 15 is 0 Å². The average Bonchev–Trinajstić information content (AvgIpc) is 2.39. The van der Waals surface area contributed by atoms with E-state index in [1.54, 1.807) is 7.11 Å². The fourth-order valence-corrected chi connectivity index (χ4v) is 1.70. The van der Waals surface area contributed by atoms with E-state index in [-0.39, 0.29) is 0 Å². The van der Waals surface area contributed by atoms with Gasteiger partial charge in [0.1, 0.15) is 5.82 Å². The zero-order valence-corrected chi connectivity index (χ0v) is 11.0. The molecule has 1 heterocycles. The topological polar surface area (TPSA) is 47.0 Å². The summed E-state index contributed by atoms with van der Waals surface area (Å²) in [7, 11) is 3.47. The Labute approximate surface area is 111 Å². The Kier molecular flexibility index (Phi) is 4.12. The predicted octanol–water partition coefficient (Wildman–Crippen LogP) is 2.99. The molecule has 4 nitrogen and oxygen atoms in total. The monoisotopic (exact) mass is 263 g/mol. The van der Waals surface area contributed by atoms with Gasteiger partial charge in [0.2, 0.25) is 0 Å². The number of methoxy groups -OCH3 is 1. The number of hydrogen-bond acceptors (Lipinski definition) is 4. The molecule has 1 aromatic heterocycles. The Balaban J connectivity index is 2.42. The lowest BCUT2D eigenvalue weighted by Gasteiger charge is -2.07. The Morgan fingerprint density at radius 1 is 1.22 bits per heavy atom. The molecule has 0 saturated carbocycles. The minimum atomic E-state index is 0.456. The molecule has 0 fully saturated rings. The Morgan fingerprint density at radius 2 is 1.94 bits per heavy atom. The first-order valence-corrected chi connectivity index (χ1v) is 5.91. The van der Waals surface area contributed by atoms with Crippen LogP contribution in [-0.2, 0) is 11.3 Å². The first-order chi connectivity index (χ1) is 8.72. The van der Waals surface area contributed by atoms with Gasteiger partial charge in [0.15, 0.2) is 5.82 Å². The zero-order valence-electron chi connectivity index (χ0n) is 10.3. The van der Waals surface area contributed by atoms with Crippen molar-refractivity contribution in [2.45, 2.75) is 6.61 Å². The van der Waals surface area contributed by atoms with E-state index in [4.69, 9.17) is 16.3 Å². The van der Waals surface area contributed by atoms with Crippen molar-refractivity contribution in [1.29, 1.82) is 0 Å². The summed E-state index contributed by atoms with van der Waals surface area (Å²) in [6, 6.07) is 9.30. The largest absolute Gasteiger partial charge is 0.378 e. The molecule has 0 aliphatic carbocycles. The fraction of sp³-hybridized carbons (Fsp3) is 0.231. The summed E-state index contributed by atoms with van der Waals surface area (Å²) in [6.07, 6.45) is 0. The van der Waals surface area contributed by atoms with Crippen molar-refractivity contribution in [2.24, 2.45) is 0 Å². The van der Waals surface area contributed by atoms with Crippen LogP contribution in [0.2, 0.25) is 5.02 Å². The van der Waals surface area contributed by atoms with Crippen molar-refractivity contribution in [1.82, 2.24) is 9.97 Å². The summed E-state index contributed by atoms with van der Waals surface area (Å²) in [5.74, 6) is 1.42. The highest BCUT2D eigenvalue weighted by Gasteiger charge is 2.06. The first kappa shape index (κ1) is 12.8. The van der Waals surface area contributed by atoms with Crippen LogP contribution in [0.3, 0.4) is 0 Å². The van der Waals surface area contributed by atoms with Gasteiger partial charge in [-0.15, -0.1) is 0 Å². The normalized spacial score (nSPS) is 10.4. The first-order valence-electron chi connectivity index (χ1n) is 5.53. The lowest BCUT2D eigenvalue weighted by Crippen LogP contribution is -2.01. The molecule has 0 unspecified atom stereocenters. The Morgan fingerprint density at radius 3 is 2.56 bits per heavy atom. The molecule has 0 aliphatic rings. The van der Waals surface area contributed by atoms with Crippen LogP contribution in [0.25, 0.3) is 11.4 Å². The van der Waals surface area contributed by atoms with Crippen molar-refractivity contribution in [2.75, 3.05) is 19.5 Å². The molecule has 18 heavy (non-hydrogen) atoms. The van der Waals surface area contributed by atoms with E-state index in [1.807, 2.05) is 37.4 Å². The van der Waals surface area contributed by atoms with Crippen molar-refractivity contribution in [3.63, 3.8) is 0 Å². The van der Waals surface area contributed by atoms with Gasteiger partial charge in [0, 0.05) is 30.8 Å². The maximum Gasteiger partial charge on any atom is 0.161 e. The van der Waals surface area contributed by atoms with Crippen LogP contribution < -0.4 is 5.32 Å². The summed E-state index contributed by atoms with van der Waals surface area (Å²) in [6.45, 7) is 0.456. The molecule has 94 valence electrons. The standard InChI is InChI=1S/C13H14ClN3O/c1-15-12-7-11(8-18-2)16-13(17-12)9-3-5-10(14)6-4-9/h3-7H,8H2,1-2H3,(H,15,16,17). The van der Waals surface area contributed by atoms with Gasteiger partial charge in [-0.2, -0.15) is 0 Å². The highest BCUT2D eigenvalue weighted by atomic mass is 35.5. The van der Waals surface area contributed by atoms with Gasteiger partial charge >= 0.3 is 0 Å². The second-order valence-corrected chi connectivity index (χ2v) is 4.19. The predicted molar refractivity (Wildman–Crippen MR) is 72.7 cm³/mol. The molecular formula is C13H14ClN3O. The number of ether oxygens (including phenoxy) is 1. The van der Waals surface area contributed by atoms with Crippen molar-refractivity contribution in [3.8, 4) is 11.4 Å². The minimum absolute atomic E-state index is 0.456. The summed E-state index contributed by atoms with van der Waals surface area (Å²) < 4.78 is 5.10. The fourth-order valence-electron chi connectivity index (χ4n) is 1.58. The number of hydrogen-bond donors (Lipinski definition) is 1. The van der Waals surface area contributed by atoms with Crippen molar-refractivity contribution in [3.05, 3.63) is 41.0 Å². The number of anilines is 1. The van der Waals surface area contributed by atoms with Gasteiger partial charge in [-0.05, 0) is 24.3 Å². The van der Waals surface area contributed by atoms with Gasteiger partial charge in [0.05, 0.1) is 12.3 Å². The molecule has 2 rings (SSSR count). The van der Waals surface area contributed by atoms with Crippen LogP contribution in [0.15, 0.2) is 30.3 Å². The smallest absolute Gasteiger partial charge is 0.161 e. The van der Waals surface area contributed by atoms with Gasteiger partial charge in [0.25, 0.3) is 0 Å². The van der Waals surface area contributed by atoms with Crippen LogP contribution in [0.5, 0.6) is 0 Å². The SMILES string of the molecule is CNc1cc(COC)nc(-c2ccc(Cl)cc2)n1. The number of nitrogens with one attached hydrogen (secondary N) is 1. The highest BCUT2D eigenvalue weighted by Crippen LogP contribution is 2.20. The number of aromatic nitrogens is 2. The van der Waals surface area contributed by atoms with E-state index in [0.717, 1.165) is 17.1 Å². The third-order valence-corrected chi connectivity index (χ3v) is 2.68. The molecule has 0 atom stereocenters. The van der Waals surface area contributed by atoms with Gasteiger partial charge < -0.3 is 10.1 Å². The van der Waals surface area contributed by atoms with E-state index in [9.17, 15) is 0 Å². The lowest BCUT2D eigenvalue weighted by atomic mass is 10.2. The van der Waals surface area contributed by atoms with Crippen molar-refractivity contribution < 1.29 is 4.74 Å². The lowest BCUT2D eigenvalue weighted by molar-refractivity contribution is 0.181. The molecule has 1 N–H and O–H groups in total. The molecule has 5 heteroatoms. The van der Waals surface area contributed by atoms with Gasteiger partial charge in [-0.25, -0.2) is 9.97 Å². The van der Waals surface area contributed by atoms with E-state index in [2.05, 4.69) is 15.3 Å². The van der Waals surface area contributed by atoms with Crippen LogP contribution in [0.4, 0.5) is 5.82 Å². The molecule has 0 radical (unpaired) electrons. The summed E-state index contributed by atoms with van der Waals surface area (Å²) in [5, 5.41) is 3.71. The number of rotatable bonds is 4. The average molecular weight is 264 g/mol. The van der Waals surface area contributed by atoms with Crippen LogP contribution in [0, 0.1) is 0 Å². The van der Waals surface area contributed by atoms with Gasteiger partial charge in [-0.3, -0.25) is 0 Å². The molecule has 1 aromatic carbocycles. The van der Waals surface area contributed by atoms with Crippen LogP contribution >= 0.6 is 11.6 Å². The number of halogens is 1. The van der Waals surface area contributed by atoms with E-state index < -0.39 is 0 Å². The maximum atomic E-state index is 5.87. The number of benzene rings is 1. The zero-order chi connectivity index (χ0) is 13.0. The Bertz CT molecular complexity index is 528. The molecule has 2 aromatic rings. The second kappa shape index (κ2) is 5.80. The molecule has 0 saturated heterocycles. The summed E-state index contributed by atoms with van der Waals surface area (Å²) in [4.78, 5) is 8.87. The molecule has 0 bridgehead atoms. The van der Waals surface area contributed by atoms with Crippen LogP contribution in [0.1, 0.15) is 5.69 Å². The molecule has 0 spiro atoms. The van der Waals surface area contributed by atoms with E-state index in [1.165, 1.54) is 0 Å². The Hall–Kier alpha value is -1.65. The summed E-state index contributed by atoms with van der Waals surface area (Å²) >= 11 is 5.87. The minimum Gasteiger partial charge on any atom is -0.378 e. The van der Waals surface area contributed by atoms with Crippen LogP contribution in [-0.4, -0.2) is 24.1 Å². The number of nitrogens with zero attached hydrogens (tertiary/aromatic N) is 2. The second-order valence-electron chi connectivity index (χ2n) is 3.76. The summed E-state index contributed by atoms with van der Waals surface area (Å²) in [5.41, 5.74) is 1.76. The molecule has 0 aliphatic heterocycles. The molecule has 0 amide bonds. The third kappa shape index (κ3) is 2.97. The van der Waals surface area contributed by atoms with Gasteiger partial charge in [-0.1, -0.05) is 11.6 Å².